The summed E-state index contributed by atoms with van der Waals surface area (Å²) in [4.78, 5) is 31.5. The third-order valence-electron chi connectivity index (χ3n) is 5.02. The van der Waals surface area contributed by atoms with Crippen molar-refractivity contribution in [1.29, 1.82) is 0 Å². The fourth-order valence-corrected chi connectivity index (χ4v) is 4.51. The number of aliphatic hydroxyl groups is 1. The maximum atomic E-state index is 13.0. The molecule has 1 aliphatic heterocycles. The first kappa shape index (κ1) is 20.8. The molecule has 1 unspecified atom stereocenters. The molecule has 1 atom stereocenters. The van der Waals surface area contributed by atoms with E-state index in [1.54, 1.807) is 18.4 Å². The molecule has 1 N–H and O–H groups in total. The van der Waals surface area contributed by atoms with E-state index in [9.17, 15) is 27.9 Å². The highest BCUT2D eigenvalue weighted by Crippen LogP contribution is 2.45. The van der Waals surface area contributed by atoms with Crippen LogP contribution < -0.4 is 4.90 Å². The second-order valence-electron chi connectivity index (χ2n) is 6.92. The molecule has 31 heavy (non-hydrogen) atoms. The third kappa shape index (κ3) is 3.61. The zero-order valence-electron chi connectivity index (χ0n) is 16.1. The number of alkyl halides is 3. The van der Waals surface area contributed by atoms with Crippen LogP contribution in [0, 0.1) is 6.92 Å². The number of aryl methyl sites for hydroxylation is 1. The van der Waals surface area contributed by atoms with Crippen molar-refractivity contribution >= 4 is 34.5 Å². The van der Waals surface area contributed by atoms with Gasteiger partial charge in [-0.3, -0.25) is 19.5 Å². The highest BCUT2D eigenvalue weighted by Gasteiger charge is 2.48. The number of aliphatic hydroxyl groups excluding tert-OH is 1. The highest BCUT2D eigenvalue weighted by atomic mass is 32.1. The standard InChI is InChI=1S/C22H15F3N2O3S/c1-12-8-11-31-20(12)17-16(18(28)13-6-9-26-10-7-13)19(29)21(30)27(17)15-4-2-14(3-5-15)22(23,24)25/h2-11,17,28H,1H3/b18-16-. The topological polar surface area (TPSA) is 70.5 Å². The molecule has 1 saturated heterocycles. The summed E-state index contributed by atoms with van der Waals surface area (Å²) in [5.41, 5.74) is 0.228. The highest BCUT2D eigenvalue weighted by molar-refractivity contribution is 7.10. The van der Waals surface area contributed by atoms with E-state index in [-0.39, 0.29) is 17.0 Å². The molecule has 0 saturated carbocycles. The van der Waals surface area contributed by atoms with Gasteiger partial charge in [0.05, 0.1) is 11.1 Å². The lowest BCUT2D eigenvalue weighted by molar-refractivity contribution is -0.137. The summed E-state index contributed by atoms with van der Waals surface area (Å²) in [6, 6.07) is 7.85. The summed E-state index contributed by atoms with van der Waals surface area (Å²) in [5.74, 6) is -2.20. The summed E-state index contributed by atoms with van der Waals surface area (Å²) in [5, 5.41) is 12.7. The summed E-state index contributed by atoms with van der Waals surface area (Å²) in [6.07, 6.45) is -1.66. The number of hydrogen-bond donors (Lipinski definition) is 1. The van der Waals surface area contributed by atoms with Crippen molar-refractivity contribution in [3.63, 3.8) is 0 Å². The predicted molar refractivity (Wildman–Crippen MR) is 110 cm³/mol. The van der Waals surface area contributed by atoms with Crippen molar-refractivity contribution in [3.05, 3.63) is 87.4 Å². The fraction of sp³-hybridized carbons (Fsp3) is 0.136. The molecular formula is C22H15F3N2O3S. The monoisotopic (exact) mass is 444 g/mol. The number of amides is 1. The van der Waals surface area contributed by atoms with Crippen molar-refractivity contribution in [2.24, 2.45) is 0 Å². The van der Waals surface area contributed by atoms with Crippen LogP contribution in [0.1, 0.15) is 27.6 Å². The number of aromatic nitrogens is 1. The number of anilines is 1. The summed E-state index contributed by atoms with van der Waals surface area (Å²) in [6.45, 7) is 1.80. The molecule has 4 rings (SSSR count). The summed E-state index contributed by atoms with van der Waals surface area (Å²) < 4.78 is 38.9. The van der Waals surface area contributed by atoms with Crippen LogP contribution >= 0.6 is 11.3 Å². The number of nitrogens with zero attached hydrogens (tertiary/aromatic N) is 2. The van der Waals surface area contributed by atoms with Gasteiger partial charge in [-0.1, -0.05) is 0 Å². The number of benzene rings is 1. The SMILES string of the molecule is Cc1ccsc1C1/C(=C(/O)c2ccncc2)C(=O)C(=O)N1c1ccc(C(F)(F)F)cc1. The zero-order valence-corrected chi connectivity index (χ0v) is 16.9. The lowest BCUT2D eigenvalue weighted by Crippen LogP contribution is -2.29. The fourth-order valence-electron chi connectivity index (χ4n) is 3.49. The Labute approximate surface area is 179 Å². The molecule has 1 aromatic carbocycles. The van der Waals surface area contributed by atoms with E-state index in [0.29, 0.717) is 10.4 Å². The number of thiophene rings is 1. The molecule has 9 heteroatoms. The van der Waals surface area contributed by atoms with E-state index in [1.807, 2.05) is 0 Å². The number of carbonyl (C=O) groups excluding carboxylic acids is 2. The van der Waals surface area contributed by atoms with Crippen molar-refractivity contribution in [2.45, 2.75) is 19.1 Å². The largest absolute Gasteiger partial charge is 0.507 e. The molecule has 0 spiro atoms. The van der Waals surface area contributed by atoms with Gasteiger partial charge in [0.25, 0.3) is 11.7 Å². The number of ketones is 1. The molecule has 1 fully saturated rings. The molecule has 5 nitrogen and oxygen atoms in total. The van der Waals surface area contributed by atoms with Gasteiger partial charge >= 0.3 is 6.18 Å². The van der Waals surface area contributed by atoms with Crippen molar-refractivity contribution in [2.75, 3.05) is 4.90 Å². The van der Waals surface area contributed by atoms with E-state index in [4.69, 9.17) is 0 Å². The Morgan fingerprint density at radius 1 is 1.06 bits per heavy atom. The van der Waals surface area contributed by atoms with Gasteiger partial charge in [-0.2, -0.15) is 13.2 Å². The number of halogens is 3. The second kappa shape index (κ2) is 7.66. The molecule has 2 aromatic heterocycles. The minimum atomic E-state index is -4.53. The van der Waals surface area contributed by atoms with Crippen LogP contribution in [0.5, 0.6) is 0 Å². The number of carbonyl (C=O) groups is 2. The van der Waals surface area contributed by atoms with Crippen LogP contribution in [-0.2, 0) is 15.8 Å². The summed E-state index contributed by atoms with van der Waals surface area (Å²) >= 11 is 1.29. The van der Waals surface area contributed by atoms with Crippen molar-refractivity contribution < 1.29 is 27.9 Å². The van der Waals surface area contributed by atoms with Crippen molar-refractivity contribution in [1.82, 2.24) is 4.98 Å². The number of pyridine rings is 1. The van der Waals surface area contributed by atoms with Gasteiger partial charge in [-0.25, -0.2) is 0 Å². The molecule has 3 aromatic rings. The van der Waals surface area contributed by atoms with Crippen LogP contribution in [0.3, 0.4) is 0 Å². The Bertz CT molecular complexity index is 1180. The first-order valence-electron chi connectivity index (χ1n) is 9.13. The molecule has 158 valence electrons. The van der Waals surface area contributed by atoms with Crippen molar-refractivity contribution in [3.8, 4) is 0 Å². The first-order valence-corrected chi connectivity index (χ1v) is 10.0. The number of Topliss-reactive ketones (excluding diaryl/α,β-unsaturated/α-hetero) is 1. The maximum absolute atomic E-state index is 13.0. The van der Waals surface area contributed by atoms with Gasteiger partial charge in [-0.05, 0) is 60.3 Å². The Balaban J connectivity index is 1.90. The maximum Gasteiger partial charge on any atom is 0.416 e. The molecule has 3 heterocycles. The van der Waals surface area contributed by atoms with Gasteiger partial charge in [0.2, 0.25) is 0 Å². The Hall–Kier alpha value is -3.46. The van der Waals surface area contributed by atoms with Crippen LogP contribution in [0.25, 0.3) is 5.76 Å². The van der Waals surface area contributed by atoms with Gasteiger partial charge < -0.3 is 5.11 Å². The average molecular weight is 444 g/mol. The van der Waals surface area contributed by atoms with Crippen LogP contribution in [0.4, 0.5) is 18.9 Å². The Kier molecular flexibility index (Phi) is 5.14. The third-order valence-corrected chi connectivity index (χ3v) is 6.09. The molecule has 1 aliphatic rings. The number of rotatable bonds is 3. The minimum Gasteiger partial charge on any atom is -0.507 e. The van der Waals surface area contributed by atoms with E-state index in [0.717, 1.165) is 34.7 Å². The van der Waals surface area contributed by atoms with E-state index >= 15 is 0 Å². The van der Waals surface area contributed by atoms with Gasteiger partial charge in [0.1, 0.15) is 11.8 Å². The van der Waals surface area contributed by atoms with Gasteiger partial charge in [0.15, 0.2) is 0 Å². The van der Waals surface area contributed by atoms with Crippen LogP contribution in [-0.4, -0.2) is 21.8 Å². The molecular weight excluding hydrogens is 429 g/mol. The average Bonchev–Trinajstić information content (AvgIpc) is 3.28. The predicted octanol–water partition coefficient (Wildman–Crippen LogP) is 5.10. The lowest BCUT2D eigenvalue weighted by Gasteiger charge is -2.25. The summed E-state index contributed by atoms with van der Waals surface area (Å²) in [7, 11) is 0. The van der Waals surface area contributed by atoms with Crippen LogP contribution in [0.2, 0.25) is 0 Å². The second-order valence-corrected chi connectivity index (χ2v) is 7.87. The molecule has 0 radical (unpaired) electrons. The smallest absolute Gasteiger partial charge is 0.416 e. The molecule has 0 aliphatic carbocycles. The van der Waals surface area contributed by atoms with E-state index in [2.05, 4.69) is 4.98 Å². The first-order chi connectivity index (χ1) is 14.7. The van der Waals surface area contributed by atoms with Gasteiger partial charge in [0, 0.05) is 28.5 Å². The zero-order chi connectivity index (χ0) is 22.3. The van der Waals surface area contributed by atoms with E-state index < -0.39 is 29.5 Å². The molecule has 1 amide bonds. The van der Waals surface area contributed by atoms with E-state index in [1.165, 1.54) is 35.9 Å². The molecule has 0 bridgehead atoms. The van der Waals surface area contributed by atoms with Crippen LogP contribution in [0.15, 0.2) is 65.8 Å². The Morgan fingerprint density at radius 3 is 2.26 bits per heavy atom. The number of hydrogen-bond acceptors (Lipinski definition) is 5. The van der Waals surface area contributed by atoms with Gasteiger partial charge in [-0.15, -0.1) is 11.3 Å². The Morgan fingerprint density at radius 2 is 1.71 bits per heavy atom. The minimum absolute atomic E-state index is 0.123. The lowest BCUT2D eigenvalue weighted by atomic mass is 9.98. The normalized spacial score (nSPS) is 18.6. The quantitative estimate of drug-likeness (QED) is 0.347.